The number of benzene rings is 6. The van der Waals surface area contributed by atoms with Gasteiger partial charge in [-0.3, -0.25) is 0 Å². The van der Waals surface area contributed by atoms with Crippen LogP contribution >= 0.6 is 0 Å². The van der Waals surface area contributed by atoms with Gasteiger partial charge in [-0.25, -0.2) is 0 Å². The summed E-state index contributed by atoms with van der Waals surface area (Å²) >= 11 is 0. The molecule has 1 aliphatic rings. The van der Waals surface area contributed by atoms with Crippen molar-refractivity contribution >= 4 is 58.5 Å². The average Bonchev–Trinajstić information content (AvgIpc) is 3.00. The Bertz CT molecular complexity index is 1480. The highest BCUT2D eigenvalue weighted by molar-refractivity contribution is 7.21. The highest BCUT2D eigenvalue weighted by Gasteiger charge is 2.57. The van der Waals surface area contributed by atoms with Gasteiger partial charge in [0.1, 0.15) is 0 Å². The first-order chi connectivity index (χ1) is 18.3. The number of hydrogen-bond donors (Lipinski definition) is 0. The summed E-state index contributed by atoms with van der Waals surface area (Å²) < 4.78 is 8.10. The summed E-state index contributed by atoms with van der Waals surface area (Å²) in [6, 6.07) is 57.5. The summed E-state index contributed by atoms with van der Waals surface area (Å²) in [6.07, 6.45) is 0. The number of rotatable bonds is 4. The quantitative estimate of drug-likeness (QED) is 0.331. The van der Waals surface area contributed by atoms with Crippen LogP contribution in [0.1, 0.15) is 0 Å². The Morgan fingerprint density at radius 1 is 0.324 bits per heavy atom. The highest BCUT2D eigenvalue weighted by Crippen LogP contribution is 2.27. The Morgan fingerprint density at radius 2 is 0.649 bits per heavy atom. The molecule has 37 heavy (non-hydrogen) atoms. The van der Waals surface area contributed by atoms with Crippen LogP contribution in [0.4, 0.5) is 0 Å². The molecule has 0 fully saturated rings. The lowest BCUT2D eigenvalue weighted by molar-refractivity contribution is 0.599. The molecule has 6 aromatic carbocycles. The molecule has 0 amide bonds. The van der Waals surface area contributed by atoms with Crippen molar-refractivity contribution in [3.63, 3.8) is 0 Å². The molecule has 1 aliphatic heterocycles. The van der Waals surface area contributed by atoms with E-state index in [2.05, 4.69) is 158 Å². The molecule has 6 aromatic rings. The number of hydrogen-bond acceptors (Lipinski definition) is 1. The molecule has 1 heterocycles. The molecule has 0 N–H and O–H groups in total. The summed E-state index contributed by atoms with van der Waals surface area (Å²) in [5.74, 6) is 0. The summed E-state index contributed by atoms with van der Waals surface area (Å²) in [7, 11) is -5.85. The van der Waals surface area contributed by atoms with E-state index in [1.165, 1.54) is 41.9 Å². The third-order valence-electron chi connectivity index (χ3n) is 7.69. The Morgan fingerprint density at radius 3 is 0.973 bits per heavy atom. The van der Waals surface area contributed by atoms with Gasteiger partial charge in [-0.1, -0.05) is 158 Å². The zero-order valence-corrected chi connectivity index (χ0v) is 22.4. The van der Waals surface area contributed by atoms with E-state index >= 15 is 0 Å². The molecule has 0 saturated heterocycles. The third-order valence-corrected chi connectivity index (χ3v) is 17.1. The second-order valence-corrected chi connectivity index (χ2v) is 16.6. The summed E-state index contributed by atoms with van der Waals surface area (Å²) in [5, 5.41) is 10.5. The van der Waals surface area contributed by atoms with Crippen LogP contribution in [-0.4, -0.2) is 16.6 Å². The fourth-order valence-corrected chi connectivity index (χ4v) is 17.4. The van der Waals surface area contributed by atoms with Crippen LogP contribution in [-0.2, 0) is 4.12 Å². The highest BCUT2D eigenvalue weighted by atomic mass is 28.4. The smallest absolute Gasteiger partial charge is 0.279 e. The third kappa shape index (κ3) is 3.25. The van der Waals surface area contributed by atoms with Gasteiger partial charge in [-0.15, -0.1) is 0 Å². The molecule has 0 spiro atoms. The zero-order valence-electron chi connectivity index (χ0n) is 20.4. The van der Waals surface area contributed by atoms with Crippen LogP contribution in [0.15, 0.2) is 158 Å². The van der Waals surface area contributed by atoms with E-state index < -0.39 is 16.6 Å². The maximum absolute atomic E-state index is 8.10. The molecule has 0 atom stereocenters. The van der Waals surface area contributed by atoms with Gasteiger partial charge in [0.25, 0.3) is 16.6 Å². The maximum Gasteiger partial charge on any atom is 0.279 e. The SMILES string of the molecule is c1ccc([Si]2(c3ccccc3)O[Si](c3ccccc3)(c3ccccc3)c3cccc4cccc2c34)cc1. The van der Waals surface area contributed by atoms with Gasteiger partial charge in [-0.05, 0) is 41.9 Å². The summed E-state index contributed by atoms with van der Waals surface area (Å²) in [6.45, 7) is 0. The van der Waals surface area contributed by atoms with Gasteiger partial charge in [0.05, 0.1) is 0 Å². The van der Waals surface area contributed by atoms with Crippen LogP contribution in [0.25, 0.3) is 10.8 Å². The molecule has 1 nitrogen and oxygen atoms in total. The maximum atomic E-state index is 8.10. The first kappa shape index (κ1) is 22.2. The van der Waals surface area contributed by atoms with Crippen molar-refractivity contribution in [1.29, 1.82) is 0 Å². The molecule has 0 saturated carbocycles. The van der Waals surface area contributed by atoms with Gasteiger partial charge in [-0.2, -0.15) is 0 Å². The molecule has 176 valence electrons. The first-order valence-electron chi connectivity index (χ1n) is 12.8. The second-order valence-electron chi connectivity index (χ2n) is 9.64. The van der Waals surface area contributed by atoms with E-state index in [1.807, 2.05) is 0 Å². The molecule has 0 bridgehead atoms. The molecule has 7 rings (SSSR count). The van der Waals surface area contributed by atoms with Crippen molar-refractivity contribution in [3.05, 3.63) is 158 Å². The average molecular weight is 507 g/mol. The predicted molar refractivity (Wildman–Crippen MR) is 160 cm³/mol. The summed E-state index contributed by atoms with van der Waals surface area (Å²) in [5.41, 5.74) is 0. The Hall–Kier alpha value is -4.03. The van der Waals surface area contributed by atoms with Crippen LogP contribution in [0.5, 0.6) is 0 Å². The van der Waals surface area contributed by atoms with Gasteiger partial charge in [0, 0.05) is 0 Å². The summed E-state index contributed by atoms with van der Waals surface area (Å²) in [4.78, 5) is 0. The van der Waals surface area contributed by atoms with Gasteiger partial charge in [0.15, 0.2) is 0 Å². The van der Waals surface area contributed by atoms with Crippen molar-refractivity contribution in [2.24, 2.45) is 0 Å². The fraction of sp³-hybridized carbons (Fsp3) is 0. The standard InChI is InChI=1S/C34H26OSi2/c1-5-17-28(18-6-1)36(29-19-7-2-8-20-29)32-25-13-15-27-16-14-26-33(34(27)32)37(35-36,30-21-9-3-10-22-30)31-23-11-4-12-24-31/h1-26H. The normalized spacial score (nSPS) is 15.4. The van der Waals surface area contributed by atoms with E-state index in [0.717, 1.165) is 0 Å². The lowest BCUT2D eigenvalue weighted by Gasteiger charge is -2.48. The molecule has 3 heteroatoms. The molecular weight excluding hydrogens is 481 g/mol. The lowest BCUT2D eigenvalue weighted by atomic mass is 10.1. The van der Waals surface area contributed by atoms with Crippen LogP contribution in [0, 0.1) is 0 Å². The van der Waals surface area contributed by atoms with E-state index in [1.54, 1.807) is 0 Å². The van der Waals surface area contributed by atoms with Gasteiger partial charge >= 0.3 is 0 Å². The van der Waals surface area contributed by atoms with E-state index in [4.69, 9.17) is 4.12 Å². The van der Waals surface area contributed by atoms with E-state index in [0.29, 0.717) is 0 Å². The first-order valence-corrected chi connectivity index (χ1v) is 16.6. The Balaban J connectivity index is 1.72. The van der Waals surface area contributed by atoms with Gasteiger partial charge < -0.3 is 4.12 Å². The monoisotopic (exact) mass is 506 g/mol. The van der Waals surface area contributed by atoms with E-state index in [-0.39, 0.29) is 0 Å². The lowest BCUT2D eigenvalue weighted by Crippen LogP contribution is -2.84. The van der Waals surface area contributed by atoms with Crippen LogP contribution in [0.3, 0.4) is 0 Å². The van der Waals surface area contributed by atoms with Crippen molar-refractivity contribution in [1.82, 2.24) is 0 Å². The van der Waals surface area contributed by atoms with Crippen molar-refractivity contribution < 1.29 is 4.12 Å². The minimum atomic E-state index is -2.93. The minimum Gasteiger partial charge on any atom is -0.435 e. The van der Waals surface area contributed by atoms with Crippen LogP contribution in [0.2, 0.25) is 0 Å². The molecular formula is C34H26OSi2. The van der Waals surface area contributed by atoms with Crippen LogP contribution < -0.4 is 31.1 Å². The fourth-order valence-electron chi connectivity index (χ4n) is 6.15. The van der Waals surface area contributed by atoms with Crippen molar-refractivity contribution in [3.8, 4) is 0 Å². The molecule has 0 unspecified atom stereocenters. The second kappa shape index (κ2) is 8.82. The zero-order chi connectivity index (χ0) is 24.7. The largest absolute Gasteiger partial charge is 0.435 e. The van der Waals surface area contributed by atoms with Gasteiger partial charge in [0.2, 0.25) is 0 Å². The minimum absolute atomic E-state index is 1.28. The topological polar surface area (TPSA) is 9.23 Å². The molecule has 0 aliphatic carbocycles. The molecule has 0 radical (unpaired) electrons. The Kier molecular flexibility index (Phi) is 5.29. The Labute approximate surface area is 219 Å². The van der Waals surface area contributed by atoms with Crippen molar-refractivity contribution in [2.45, 2.75) is 0 Å². The van der Waals surface area contributed by atoms with Crippen molar-refractivity contribution in [2.75, 3.05) is 0 Å². The predicted octanol–water partition coefficient (Wildman–Crippen LogP) is 3.80. The van der Waals surface area contributed by atoms with E-state index in [9.17, 15) is 0 Å². The molecule has 0 aromatic heterocycles.